The largest absolute Gasteiger partial charge is 0.299 e. The Bertz CT molecular complexity index is 383. The van der Waals surface area contributed by atoms with Crippen molar-refractivity contribution in [1.82, 2.24) is 0 Å². The first-order valence-corrected chi connectivity index (χ1v) is 5.89. The van der Waals surface area contributed by atoms with Gasteiger partial charge in [0.1, 0.15) is 5.78 Å². The fourth-order valence-electron chi connectivity index (χ4n) is 1.60. The molecule has 3 heteroatoms. The Morgan fingerprint density at radius 3 is 2.73 bits per heavy atom. The van der Waals surface area contributed by atoms with Crippen molar-refractivity contribution in [2.24, 2.45) is 5.92 Å². The third kappa shape index (κ3) is 2.96. The second-order valence-corrected chi connectivity index (χ2v) is 4.82. The number of ketones is 1. The third-order valence-electron chi connectivity index (χ3n) is 2.68. The molecular weight excluding hydrogens is 231 g/mol. The summed E-state index contributed by atoms with van der Waals surface area (Å²) >= 11 is 11.9. The van der Waals surface area contributed by atoms with Crippen LogP contribution in [0.25, 0.3) is 0 Å². The molecule has 0 saturated heterocycles. The van der Waals surface area contributed by atoms with Gasteiger partial charge < -0.3 is 0 Å². The first kappa shape index (κ1) is 11.0. The minimum atomic E-state index is 0.336. The van der Waals surface area contributed by atoms with Crippen molar-refractivity contribution in [3.63, 3.8) is 0 Å². The van der Waals surface area contributed by atoms with Gasteiger partial charge in [0, 0.05) is 22.4 Å². The molecule has 0 aliphatic heterocycles. The van der Waals surface area contributed by atoms with E-state index in [9.17, 15) is 4.79 Å². The van der Waals surface area contributed by atoms with Crippen LogP contribution in [-0.2, 0) is 11.2 Å². The molecule has 1 saturated carbocycles. The number of carbonyl (C=O) groups is 1. The van der Waals surface area contributed by atoms with Gasteiger partial charge in [-0.3, -0.25) is 4.79 Å². The van der Waals surface area contributed by atoms with E-state index in [0.29, 0.717) is 34.6 Å². The summed E-state index contributed by atoms with van der Waals surface area (Å²) in [5.74, 6) is 0.703. The molecule has 0 spiro atoms. The lowest BCUT2D eigenvalue weighted by molar-refractivity contribution is -0.120. The van der Waals surface area contributed by atoms with Gasteiger partial charge in [-0.05, 0) is 43.0 Å². The van der Waals surface area contributed by atoms with E-state index in [4.69, 9.17) is 23.2 Å². The van der Waals surface area contributed by atoms with Crippen molar-refractivity contribution in [3.8, 4) is 0 Å². The van der Waals surface area contributed by atoms with Gasteiger partial charge in [-0.2, -0.15) is 0 Å². The van der Waals surface area contributed by atoms with Gasteiger partial charge in [-0.1, -0.05) is 23.2 Å². The molecule has 1 aliphatic carbocycles. The molecule has 1 aromatic rings. The highest BCUT2D eigenvalue weighted by molar-refractivity contribution is 6.33. The number of halogens is 2. The lowest BCUT2D eigenvalue weighted by Gasteiger charge is -2.03. The Morgan fingerprint density at radius 1 is 1.33 bits per heavy atom. The summed E-state index contributed by atoms with van der Waals surface area (Å²) in [5.41, 5.74) is 0.971. The zero-order valence-electron chi connectivity index (χ0n) is 8.30. The average molecular weight is 243 g/mol. The van der Waals surface area contributed by atoms with Crippen LogP contribution < -0.4 is 0 Å². The Balaban J connectivity index is 1.97. The van der Waals surface area contributed by atoms with Crippen LogP contribution in [0.4, 0.5) is 0 Å². The molecule has 0 amide bonds. The van der Waals surface area contributed by atoms with E-state index in [2.05, 4.69) is 0 Å². The van der Waals surface area contributed by atoms with Crippen LogP contribution in [0.5, 0.6) is 0 Å². The van der Waals surface area contributed by atoms with Gasteiger partial charge in [0.2, 0.25) is 0 Å². The number of benzene rings is 1. The van der Waals surface area contributed by atoms with E-state index < -0.39 is 0 Å². The maximum Gasteiger partial charge on any atom is 0.136 e. The van der Waals surface area contributed by atoms with Crippen molar-refractivity contribution in [3.05, 3.63) is 33.8 Å². The number of aryl methyl sites for hydroxylation is 1. The van der Waals surface area contributed by atoms with Crippen molar-refractivity contribution in [2.45, 2.75) is 25.7 Å². The lowest BCUT2D eigenvalue weighted by Crippen LogP contribution is -2.02. The highest BCUT2D eigenvalue weighted by Gasteiger charge is 2.28. The molecule has 1 aliphatic rings. The molecule has 15 heavy (non-hydrogen) atoms. The van der Waals surface area contributed by atoms with Crippen molar-refractivity contribution in [2.75, 3.05) is 0 Å². The summed E-state index contributed by atoms with van der Waals surface area (Å²) in [6.45, 7) is 0. The summed E-state index contributed by atoms with van der Waals surface area (Å²) in [6, 6.07) is 5.38. The minimum absolute atomic E-state index is 0.336. The summed E-state index contributed by atoms with van der Waals surface area (Å²) in [5, 5.41) is 1.37. The summed E-state index contributed by atoms with van der Waals surface area (Å²) in [6.07, 6.45) is 3.43. The van der Waals surface area contributed by atoms with E-state index >= 15 is 0 Å². The normalized spacial score (nSPS) is 15.3. The van der Waals surface area contributed by atoms with Crippen LogP contribution >= 0.6 is 23.2 Å². The van der Waals surface area contributed by atoms with Crippen LogP contribution in [0.3, 0.4) is 0 Å². The predicted molar refractivity (Wildman–Crippen MR) is 62.5 cm³/mol. The molecule has 2 rings (SSSR count). The highest BCUT2D eigenvalue weighted by Crippen LogP contribution is 2.31. The molecule has 0 radical (unpaired) electrons. The van der Waals surface area contributed by atoms with Crippen molar-refractivity contribution < 1.29 is 4.79 Å². The fraction of sp³-hybridized carbons (Fsp3) is 0.417. The van der Waals surface area contributed by atoms with E-state index in [1.165, 1.54) is 0 Å². The first-order valence-electron chi connectivity index (χ1n) is 5.13. The molecule has 0 N–H and O–H groups in total. The van der Waals surface area contributed by atoms with Crippen LogP contribution in [0.1, 0.15) is 24.8 Å². The molecule has 0 bridgehead atoms. The zero-order valence-corrected chi connectivity index (χ0v) is 9.81. The minimum Gasteiger partial charge on any atom is -0.299 e. The maximum atomic E-state index is 11.5. The fourth-order valence-corrected chi connectivity index (χ4v) is 2.01. The molecule has 80 valence electrons. The van der Waals surface area contributed by atoms with E-state index in [1.807, 2.05) is 6.07 Å². The zero-order chi connectivity index (χ0) is 10.8. The maximum absolute atomic E-state index is 11.5. The second kappa shape index (κ2) is 4.54. The van der Waals surface area contributed by atoms with Gasteiger partial charge in [-0.15, -0.1) is 0 Å². The Kier molecular flexibility index (Phi) is 3.32. The number of carbonyl (C=O) groups excluding carboxylic acids is 1. The Hall–Kier alpha value is -0.530. The van der Waals surface area contributed by atoms with Gasteiger partial charge in [-0.25, -0.2) is 0 Å². The second-order valence-electron chi connectivity index (χ2n) is 3.98. The predicted octanol–water partition coefficient (Wildman–Crippen LogP) is 3.91. The van der Waals surface area contributed by atoms with Gasteiger partial charge in [0.15, 0.2) is 0 Å². The lowest BCUT2D eigenvalue weighted by atomic mass is 10.1. The van der Waals surface area contributed by atoms with Crippen LogP contribution in [0, 0.1) is 5.92 Å². The molecule has 1 fully saturated rings. The van der Waals surface area contributed by atoms with Gasteiger partial charge in [0.05, 0.1) is 0 Å². The summed E-state index contributed by atoms with van der Waals surface area (Å²) in [4.78, 5) is 11.5. The molecule has 0 aromatic heterocycles. The number of rotatable bonds is 4. The van der Waals surface area contributed by atoms with Crippen LogP contribution in [-0.4, -0.2) is 5.78 Å². The van der Waals surface area contributed by atoms with Crippen molar-refractivity contribution >= 4 is 29.0 Å². The van der Waals surface area contributed by atoms with Gasteiger partial charge in [0.25, 0.3) is 0 Å². The quantitative estimate of drug-likeness (QED) is 0.783. The van der Waals surface area contributed by atoms with E-state index in [-0.39, 0.29) is 0 Å². The number of hydrogen-bond acceptors (Lipinski definition) is 1. The molecule has 0 atom stereocenters. The van der Waals surface area contributed by atoms with Crippen molar-refractivity contribution in [1.29, 1.82) is 0 Å². The first-order chi connectivity index (χ1) is 7.16. The summed E-state index contributed by atoms with van der Waals surface area (Å²) in [7, 11) is 0. The molecule has 1 aromatic carbocycles. The summed E-state index contributed by atoms with van der Waals surface area (Å²) < 4.78 is 0. The smallest absolute Gasteiger partial charge is 0.136 e. The standard InChI is InChI=1S/C12H12Cl2O/c13-10-4-5-11(14)9(7-10)3-6-12(15)8-1-2-8/h4-5,7-8H,1-3,6H2. The monoisotopic (exact) mass is 242 g/mol. The molecular formula is C12H12Cl2O. The molecule has 0 heterocycles. The van der Waals surface area contributed by atoms with E-state index in [1.54, 1.807) is 12.1 Å². The highest BCUT2D eigenvalue weighted by atomic mass is 35.5. The third-order valence-corrected chi connectivity index (χ3v) is 3.29. The topological polar surface area (TPSA) is 17.1 Å². The number of Topliss-reactive ketones (excluding diaryl/α,β-unsaturated/α-hetero) is 1. The number of hydrogen-bond donors (Lipinski definition) is 0. The Morgan fingerprint density at radius 2 is 2.07 bits per heavy atom. The van der Waals surface area contributed by atoms with E-state index in [0.717, 1.165) is 18.4 Å². The SMILES string of the molecule is O=C(CCc1cc(Cl)ccc1Cl)C1CC1. The van der Waals surface area contributed by atoms with Gasteiger partial charge >= 0.3 is 0 Å². The molecule has 1 nitrogen and oxygen atoms in total. The Labute approximate surface area is 99.4 Å². The average Bonchev–Trinajstić information content (AvgIpc) is 3.02. The van der Waals surface area contributed by atoms with Crippen LogP contribution in [0.2, 0.25) is 10.0 Å². The molecule has 0 unspecified atom stereocenters. The van der Waals surface area contributed by atoms with Crippen LogP contribution in [0.15, 0.2) is 18.2 Å².